The van der Waals surface area contributed by atoms with Crippen LogP contribution in [0.25, 0.3) is 0 Å². The van der Waals surface area contributed by atoms with Gasteiger partial charge in [-0.25, -0.2) is 0 Å². The summed E-state index contributed by atoms with van der Waals surface area (Å²) in [7, 11) is 0. The lowest BCUT2D eigenvalue weighted by atomic mass is 9.88. The first-order chi connectivity index (χ1) is 13.3. The summed E-state index contributed by atoms with van der Waals surface area (Å²) in [4.78, 5) is 12.1. The van der Waals surface area contributed by atoms with Crippen molar-refractivity contribution in [1.82, 2.24) is 5.32 Å². The van der Waals surface area contributed by atoms with Gasteiger partial charge in [-0.2, -0.15) is 0 Å². The van der Waals surface area contributed by atoms with Gasteiger partial charge >= 0.3 is 0 Å². The lowest BCUT2D eigenvalue weighted by Gasteiger charge is -2.18. The zero-order chi connectivity index (χ0) is 18.7. The molecule has 3 N–H and O–H groups in total. The second-order valence-corrected chi connectivity index (χ2v) is 6.62. The highest BCUT2D eigenvalue weighted by atomic mass is 16.3. The third-order valence-corrected chi connectivity index (χ3v) is 4.66. The first-order valence-electron chi connectivity index (χ1n) is 9.53. The van der Waals surface area contributed by atoms with Gasteiger partial charge in [-0.3, -0.25) is 4.79 Å². The third kappa shape index (κ3) is 6.12. The molecule has 4 nitrogen and oxygen atoms in total. The summed E-state index contributed by atoms with van der Waals surface area (Å²) in [5.41, 5.74) is 2.56. The van der Waals surface area contributed by atoms with E-state index in [2.05, 4.69) is 59.2 Å². The molecule has 2 aromatic carbocycles. The van der Waals surface area contributed by atoms with Crippen LogP contribution in [0.4, 0.5) is 0 Å². The maximum absolute atomic E-state index is 12.1. The number of benzene rings is 2. The Bertz CT molecular complexity index is 746. The highest BCUT2D eigenvalue weighted by Gasteiger charge is 2.14. The minimum absolute atomic E-state index is 0.102. The Morgan fingerprint density at radius 2 is 1.59 bits per heavy atom. The first kappa shape index (κ1) is 18.9. The van der Waals surface area contributed by atoms with Gasteiger partial charge in [-0.15, -0.1) is 0 Å². The van der Waals surface area contributed by atoms with E-state index in [0.29, 0.717) is 18.9 Å². The molecule has 1 heterocycles. The average Bonchev–Trinajstić information content (AvgIpc) is 3.23. The van der Waals surface area contributed by atoms with Gasteiger partial charge in [-0.1, -0.05) is 60.7 Å². The van der Waals surface area contributed by atoms with Crippen molar-refractivity contribution in [2.75, 3.05) is 13.1 Å². The SMILES string of the molecule is O=C(CC[NH2+]Cc1ccco1)NCCC(c1ccccc1)c1ccccc1. The molecule has 27 heavy (non-hydrogen) atoms. The predicted octanol–water partition coefficient (Wildman–Crippen LogP) is 3.07. The van der Waals surface area contributed by atoms with E-state index in [-0.39, 0.29) is 5.91 Å². The minimum Gasteiger partial charge on any atom is -0.463 e. The van der Waals surface area contributed by atoms with Crippen LogP contribution in [-0.4, -0.2) is 19.0 Å². The molecule has 0 bridgehead atoms. The fraction of sp³-hybridized carbons (Fsp3) is 0.261. The lowest BCUT2D eigenvalue weighted by Crippen LogP contribution is -2.82. The molecule has 1 amide bonds. The number of hydrogen-bond donors (Lipinski definition) is 2. The van der Waals surface area contributed by atoms with Crippen LogP contribution in [0.15, 0.2) is 83.5 Å². The van der Waals surface area contributed by atoms with Crippen LogP contribution in [0.1, 0.15) is 35.6 Å². The molecule has 3 aromatic rings. The van der Waals surface area contributed by atoms with Crippen molar-refractivity contribution in [3.63, 3.8) is 0 Å². The van der Waals surface area contributed by atoms with Crippen LogP contribution in [0, 0.1) is 0 Å². The zero-order valence-corrected chi connectivity index (χ0v) is 15.5. The Hall–Kier alpha value is -2.85. The van der Waals surface area contributed by atoms with E-state index in [1.807, 2.05) is 24.3 Å². The van der Waals surface area contributed by atoms with Crippen LogP contribution in [-0.2, 0) is 11.3 Å². The number of carbonyl (C=O) groups excluding carboxylic acids is 1. The van der Waals surface area contributed by atoms with Crippen molar-refractivity contribution in [1.29, 1.82) is 0 Å². The van der Waals surface area contributed by atoms with Gasteiger partial charge in [0.2, 0.25) is 5.91 Å². The molecule has 4 heteroatoms. The van der Waals surface area contributed by atoms with Gasteiger partial charge in [0.25, 0.3) is 0 Å². The number of nitrogens with one attached hydrogen (secondary N) is 1. The maximum atomic E-state index is 12.1. The second kappa shape index (κ2) is 10.3. The monoisotopic (exact) mass is 363 g/mol. The summed E-state index contributed by atoms with van der Waals surface area (Å²) >= 11 is 0. The molecule has 0 fully saturated rings. The molecule has 0 aliphatic carbocycles. The van der Waals surface area contributed by atoms with Crippen molar-refractivity contribution in [3.8, 4) is 0 Å². The van der Waals surface area contributed by atoms with Crippen molar-refractivity contribution >= 4 is 5.91 Å². The normalized spacial score (nSPS) is 10.9. The largest absolute Gasteiger partial charge is 0.463 e. The van der Waals surface area contributed by atoms with Crippen LogP contribution in [0.2, 0.25) is 0 Å². The summed E-state index contributed by atoms with van der Waals surface area (Å²) in [5.74, 6) is 1.33. The molecule has 0 saturated heterocycles. The van der Waals surface area contributed by atoms with E-state index in [1.165, 1.54) is 11.1 Å². The smallest absolute Gasteiger partial charge is 0.225 e. The average molecular weight is 363 g/mol. The second-order valence-electron chi connectivity index (χ2n) is 6.62. The van der Waals surface area contributed by atoms with Gasteiger partial charge < -0.3 is 15.1 Å². The lowest BCUT2D eigenvalue weighted by molar-refractivity contribution is -0.671. The van der Waals surface area contributed by atoms with Crippen molar-refractivity contribution in [2.24, 2.45) is 0 Å². The Labute approximate surface area is 160 Å². The predicted molar refractivity (Wildman–Crippen MR) is 106 cm³/mol. The standard InChI is InChI=1S/C23H26N2O2/c26-23(14-15-24-18-21-12-7-17-27-21)25-16-13-22(19-8-3-1-4-9-19)20-10-5-2-6-11-20/h1-12,17,22,24H,13-16,18H2,(H,25,26)/p+1. The molecule has 0 spiro atoms. The van der Waals surface area contributed by atoms with Gasteiger partial charge in [0.15, 0.2) is 5.76 Å². The number of nitrogens with two attached hydrogens (primary N) is 1. The Morgan fingerprint density at radius 3 is 2.19 bits per heavy atom. The Balaban J connectivity index is 1.44. The molecule has 140 valence electrons. The Kier molecular flexibility index (Phi) is 7.25. The number of amides is 1. The first-order valence-corrected chi connectivity index (χ1v) is 9.53. The maximum Gasteiger partial charge on any atom is 0.225 e. The number of quaternary nitrogens is 1. The van der Waals surface area contributed by atoms with Crippen molar-refractivity contribution < 1.29 is 14.5 Å². The fourth-order valence-electron chi connectivity index (χ4n) is 3.25. The van der Waals surface area contributed by atoms with E-state index >= 15 is 0 Å². The topological polar surface area (TPSA) is 58.9 Å². The van der Waals surface area contributed by atoms with Gasteiger partial charge in [0.1, 0.15) is 6.54 Å². The summed E-state index contributed by atoms with van der Waals surface area (Å²) < 4.78 is 5.28. The number of carbonyl (C=O) groups is 1. The molecule has 0 saturated carbocycles. The highest BCUT2D eigenvalue weighted by Crippen LogP contribution is 2.27. The molecule has 0 atom stereocenters. The van der Waals surface area contributed by atoms with Gasteiger partial charge in [-0.05, 0) is 29.7 Å². The molecule has 0 radical (unpaired) electrons. The summed E-state index contributed by atoms with van der Waals surface area (Å²) in [5, 5.41) is 5.16. The zero-order valence-electron chi connectivity index (χ0n) is 15.5. The fourth-order valence-corrected chi connectivity index (χ4v) is 3.25. The van der Waals surface area contributed by atoms with Crippen LogP contribution >= 0.6 is 0 Å². The van der Waals surface area contributed by atoms with Gasteiger partial charge in [0.05, 0.1) is 19.2 Å². The van der Waals surface area contributed by atoms with Crippen molar-refractivity contribution in [3.05, 3.63) is 95.9 Å². The molecule has 0 aliphatic rings. The molecular weight excluding hydrogens is 336 g/mol. The van der Waals surface area contributed by atoms with Crippen LogP contribution < -0.4 is 10.6 Å². The molecule has 3 rings (SSSR count). The van der Waals surface area contributed by atoms with E-state index in [0.717, 1.165) is 25.3 Å². The van der Waals surface area contributed by atoms with Gasteiger partial charge in [0, 0.05) is 12.5 Å². The number of hydrogen-bond acceptors (Lipinski definition) is 2. The van der Waals surface area contributed by atoms with E-state index in [4.69, 9.17) is 4.42 Å². The molecule has 1 aromatic heterocycles. The molecular formula is C23H27N2O2+. The quantitative estimate of drug-likeness (QED) is 0.544. The number of rotatable bonds is 10. The van der Waals surface area contributed by atoms with E-state index in [9.17, 15) is 4.79 Å². The van der Waals surface area contributed by atoms with E-state index < -0.39 is 0 Å². The molecule has 0 unspecified atom stereocenters. The van der Waals surface area contributed by atoms with Crippen LogP contribution in [0.3, 0.4) is 0 Å². The summed E-state index contributed by atoms with van der Waals surface area (Å²) in [6.45, 7) is 2.20. The van der Waals surface area contributed by atoms with E-state index in [1.54, 1.807) is 6.26 Å². The van der Waals surface area contributed by atoms with Crippen molar-refractivity contribution in [2.45, 2.75) is 25.3 Å². The third-order valence-electron chi connectivity index (χ3n) is 4.66. The Morgan fingerprint density at radius 1 is 0.926 bits per heavy atom. The number of furan rings is 1. The highest BCUT2D eigenvalue weighted by molar-refractivity contribution is 5.75. The summed E-state index contributed by atoms with van der Waals surface area (Å²) in [6, 6.07) is 24.8. The molecule has 0 aliphatic heterocycles. The minimum atomic E-state index is 0.102. The van der Waals surface area contributed by atoms with Crippen LogP contribution in [0.5, 0.6) is 0 Å². The summed E-state index contributed by atoms with van der Waals surface area (Å²) in [6.07, 6.45) is 3.07.